The summed E-state index contributed by atoms with van der Waals surface area (Å²) in [7, 11) is 0. The van der Waals surface area contributed by atoms with Crippen molar-refractivity contribution in [1.82, 2.24) is 0 Å². The predicted octanol–water partition coefficient (Wildman–Crippen LogP) is 3.30. The Morgan fingerprint density at radius 3 is 2.70 bits per heavy atom. The van der Waals surface area contributed by atoms with Crippen LogP contribution < -0.4 is 0 Å². The van der Waals surface area contributed by atoms with E-state index >= 15 is 0 Å². The van der Waals surface area contributed by atoms with E-state index in [-0.39, 0.29) is 0 Å². The largest absolute Gasteiger partial charge is 0.478 e. The summed E-state index contributed by atoms with van der Waals surface area (Å²) in [6.45, 7) is 3.64. The molecule has 0 spiro atoms. The molecule has 0 aromatic heterocycles. The molecule has 1 aliphatic rings. The zero-order valence-corrected chi connectivity index (χ0v) is 13.8. The van der Waals surface area contributed by atoms with E-state index in [2.05, 4.69) is 0 Å². The first kappa shape index (κ1) is 19.1. The first-order chi connectivity index (χ1) is 10.9. The lowest BCUT2D eigenvalue weighted by molar-refractivity contribution is -0.131. The molecule has 0 saturated carbocycles. The minimum Gasteiger partial charge on any atom is -0.478 e. The van der Waals surface area contributed by atoms with E-state index in [1.54, 1.807) is 13.0 Å². The Balaban J connectivity index is 2.50. The molecule has 0 heterocycles. The molecule has 0 aromatic rings. The highest BCUT2D eigenvalue weighted by Crippen LogP contribution is 2.24. The average Bonchev–Trinajstić information content (AvgIpc) is 2.90. The van der Waals surface area contributed by atoms with E-state index in [0.29, 0.717) is 12.8 Å². The van der Waals surface area contributed by atoms with Gasteiger partial charge in [-0.3, -0.25) is 0 Å². The van der Waals surface area contributed by atoms with Gasteiger partial charge in [0.2, 0.25) is 0 Å². The van der Waals surface area contributed by atoms with Crippen molar-refractivity contribution in [3.05, 3.63) is 59.3 Å². The van der Waals surface area contributed by atoms with Crippen molar-refractivity contribution < 1.29 is 20.1 Å². The molecule has 0 bridgehead atoms. The van der Waals surface area contributed by atoms with Crippen molar-refractivity contribution in [2.75, 3.05) is 0 Å². The van der Waals surface area contributed by atoms with Gasteiger partial charge in [-0.1, -0.05) is 42.0 Å². The fraction of sp³-hybridized carbons (Fsp3) is 0.421. The maximum absolute atomic E-state index is 10.5. The quantitative estimate of drug-likeness (QED) is 0.474. The highest BCUT2D eigenvalue weighted by Gasteiger charge is 2.07. The minimum absolute atomic E-state index is 0.384. The summed E-state index contributed by atoms with van der Waals surface area (Å²) in [5, 5.41) is 27.5. The van der Waals surface area contributed by atoms with Crippen LogP contribution in [0.1, 0.15) is 39.5 Å². The minimum atomic E-state index is -0.929. The molecule has 126 valence electrons. The average molecular weight is 318 g/mol. The fourth-order valence-corrected chi connectivity index (χ4v) is 2.32. The van der Waals surface area contributed by atoms with Gasteiger partial charge in [-0.2, -0.15) is 0 Å². The molecule has 4 heteroatoms. The van der Waals surface area contributed by atoms with Crippen LogP contribution in [0.25, 0.3) is 0 Å². The van der Waals surface area contributed by atoms with E-state index in [4.69, 9.17) is 5.11 Å². The molecule has 0 aliphatic heterocycles. The van der Waals surface area contributed by atoms with E-state index in [1.165, 1.54) is 5.57 Å². The smallest absolute Gasteiger partial charge is 0.328 e. The summed E-state index contributed by atoms with van der Waals surface area (Å²) in [4.78, 5) is 10.5. The topological polar surface area (TPSA) is 77.8 Å². The summed E-state index contributed by atoms with van der Waals surface area (Å²) >= 11 is 0. The monoisotopic (exact) mass is 318 g/mol. The van der Waals surface area contributed by atoms with Gasteiger partial charge in [-0.25, -0.2) is 4.79 Å². The third-order valence-electron chi connectivity index (χ3n) is 3.51. The zero-order valence-electron chi connectivity index (χ0n) is 13.8. The number of aliphatic carboxylic acids is 1. The molecule has 4 nitrogen and oxygen atoms in total. The maximum Gasteiger partial charge on any atom is 0.328 e. The van der Waals surface area contributed by atoms with Crippen molar-refractivity contribution in [3.8, 4) is 0 Å². The van der Waals surface area contributed by atoms with Gasteiger partial charge in [-0.05, 0) is 50.7 Å². The van der Waals surface area contributed by atoms with Crippen LogP contribution in [0.2, 0.25) is 0 Å². The first-order valence-corrected chi connectivity index (χ1v) is 7.88. The summed E-state index contributed by atoms with van der Waals surface area (Å²) in [6.07, 6.45) is 14.4. The van der Waals surface area contributed by atoms with Crippen LogP contribution in [-0.4, -0.2) is 33.5 Å². The van der Waals surface area contributed by atoms with Gasteiger partial charge >= 0.3 is 5.97 Å². The van der Waals surface area contributed by atoms with Crippen LogP contribution >= 0.6 is 0 Å². The Morgan fingerprint density at radius 2 is 2.04 bits per heavy atom. The summed E-state index contributed by atoms with van der Waals surface area (Å²) in [5.74, 6) is -0.929. The zero-order chi connectivity index (χ0) is 17.2. The van der Waals surface area contributed by atoms with E-state index < -0.39 is 18.2 Å². The third kappa shape index (κ3) is 8.96. The molecule has 0 fully saturated rings. The number of hydrogen-bond donors (Lipinski definition) is 3. The SMILES string of the molecule is C/C(C=CC=C1C=C(/C=C/C(=O)O)CC1)=C\CC(O)CC(C)O. The second-order valence-corrected chi connectivity index (χ2v) is 5.91. The molecule has 3 N–H and O–H groups in total. The van der Waals surface area contributed by atoms with Gasteiger partial charge in [0.05, 0.1) is 12.2 Å². The van der Waals surface area contributed by atoms with Crippen molar-refractivity contribution in [2.45, 2.75) is 51.7 Å². The lowest BCUT2D eigenvalue weighted by Gasteiger charge is -2.09. The molecule has 0 amide bonds. The van der Waals surface area contributed by atoms with Gasteiger partial charge in [0.25, 0.3) is 0 Å². The molecule has 1 rings (SSSR count). The lowest BCUT2D eigenvalue weighted by atomic mass is 10.1. The van der Waals surface area contributed by atoms with Crippen molar-refractivity contribution in [1.29, 1.82) is 0 Å². The fourth-order valence-electron chi connectivity index (χ4n) is 2.32. The number of carbonyl (C=O) groups is 1. The Morgan fingerprint density at radius 1 is 1.30 bits per heavy atom. The number of hydrogen-bond acceptors (Lipinski definition) is 3. The second kappa shape index (κ2) is 9.98. The van der Waals surface area contributed by atoms with Crippen molar-refractivity contribution in [2.24, 2.45) is 0 Å². The third-order valence-corrected chi connectivity index (χ3v) is 3.51. The molecule has 2 atom stereocenters. The van der Waals surface area contributed by atoms with Crippen LogP contribution in [0.5, 0.6) is 0 Å². The highest BCUT2D eigenvalue weighted by molar-refractivity contribution is 5.80. The normalized spacial score (nSPS) is 20.4. The van der Waals surface area contributed by atoms with E-state index in [0.717, 1.165) is 30.1 Å². The van der Waals surface area contributed by atoms with Crippen LogP contribution in [-0.2, 0) is 4.79 Å². The number of aliphatic hydroxyl groups excluding tert-OH is 2. The molecule has 23 heavy (non-hydrogen) atoms. The molecule has 1 aliphatic carbocycles. The Labute approximate surface area is 137 Å². The number of rotatable bonds is 8. The standard InChI is InChI=1S/C19H26O4/c1-14(6-10-18(21)12-15(2)20)4-3-5-16-7-8-17(13-16)9-11-19(22)23/h3-6,9,11,13,15,18,20-21H,7-8,10,12H2,1-2H3,(H,22,23)/b4-3?,11-9+,14-6+,16-5?. The van der Waals surface area contributed by atoms with Crippen molar-refractivity contribution in [3.63, 3.8) is 0 Å². The van der Waals surface area contributed by atoms with Crippen LogP contribution in [0, 0.1) is 0 Å². The predicted molar refractivity (Wildman–Crippen MR) is 92.0 cm³/mol. The molecule has 0 saturated heterocycles. The molecule has 2 unspecified atom stereocenters. The Kier molecular flexibility index (Phi) is 8.30. The van der Waals surface area contributed by atoms with Crippen LogP contribution in [0.4, 0.5) is 0 Å². The molecule has 0 aromatic carbocycles. The Hall–Kier alpha value is -1.91. The number of carboxylic acids is 1. The second-order valence-electron chi connectivity index (χ2n) is 5.91. The van der Waals surface area contributed by atoms with Gasteiger partial charge in [0, 0.05) is 6.08 Å². The van der Waals surface area contributed by atoms with E-state index in [1.807, 2.05) is 37.3 Å². The van der Waals surface area contributed by atoms with Gasteiger partial charge < -0.3 is 15.3 Å². The van der Waals surface area contributed by atoms with Crippen LogP contribution in [0.15, 0.2) is 59.3 Å². The maximum atomic E-state index is 10.5. The molecular weight excluding hydrogens is 292 g/mol. The summed E-state index contributed by atoms with van der Waals surface area (Å²) in [6, 6.07) is 0. The number of aliphatic hydroxyl groups is 2. The highest BCUT2D eigenvalue weighted by atomic mass is 16.4. The first-order valence-electron chi connectivity index (χ1n) is 7.88. The summed E-state index contributed by atoms with van der Waals surface area (Å²) in [5.41, 5.74) is 3.26. The van der Waals surface area contributed by atoms with Crippen LogP contribution in [0.3, 0.4) is 0 Å². The molecular formula is C19H26O4. The number of carboxylic acid groups (broad SMARTS) is 1. The van der Waals surface area contributed by atoms with E-state index in [9.17, 15) is 15.0 Å². The van der Waals surface area contributed by atoms with Gasteiger partial charge in [0.15, 0.2) is 0 Å². The van der Waals surface area contributed by atoms with Crippen molar-refractivity contribution >= 4 is 5.97 Å². The Bertz CT molecular complexity index is 548. The van der Waals surface area contributed by atoms with Gasteiger partial charge in [-0.15, -0.1) is 0 Å². The van der Waals surface area contributed by atoms with Gasteiger partial charge in [0.1, 0.15) is 0 Å². The molecule has 0 radical (unpaired) electrons. The summed E-state index contributed by atoms with van der Waals surface area (Å²) < 4.78 is 0. The number of allylic oxidation sites excluding steroid dienone is 8. The lowest BCUT2D eigenvalue weighted by Crippen LogP contribution is -2.13.